The molecule has 1 amide bonds. The number of aryl methyl sites for hydroxylation is 1. The highest BCUT2D eigenvalue weighted by Gasteiger charge is 2.28. The molecule has 0 aromatic carbocycles. The van der Waals surface area contributed by atoms with Crippen LogP contribution in [-0.2, 0) is 6.42 Å². The second kappa shape index (κ2) is 6.08. The number of amides is 1. The van der Waals surface area contributed by atoms with Crippen molar-refractivity contribution in [1.29, 1.82) is 0 Å². The van der Waals surface area contributed by atoms with E-state index in [9.17, 15) is 4.79 Å². The molecule has 6 heteroatoms. The summed E-state index contributed by atoms with van der Waals surface area (Å²) >= 11 is 1.92. The van der Waals surface area contributed by atoms with Gasteiger partial charge in [-0.3, -0.25) is 9.89 Å². The molecule has 1 aliphatic heterocycles. The molecule has 0 spiro atoms. The van der Waals surface area contributed by atoms with Crippen molar-refractivity contribution >= 4 is 23.4 Å². The van der Waals surface area contributed by atoms with E-state index in [1.165, 1.54) is 0 Å². The maximum absolute atomic E-state index is 12.6. The van der Waals surface area contributed by atoms with E-state index in [-0.39, 0.29) is 10.7 Å². The van der Waals surface area contributed by atoms with Crippen LogP contribution in [0.4, 0.5) is 5.69 Å². The highest BCUT2D eigenvalue weighted by atomic mass is 32.2. The lowest BCUT2D eigenvalue weighted by molar-refractivity contribution is 0.0759. The molecule has 1 aromatic heterocycles. The zero-order chi connectivity index (χ0) is 14.8. The fourth-order valence-electron chi connectivity index (χ4n) is 2.36. The monoisotopic (exact) mass is 296 g/mol. The van der Waals surface area contributed by atoms with Gasteiger partial charge in [0, 0.05) is 23.6 Å². The number of carbonyl (C=O) groups excluding carboxylic acids is 1. The summed E-state index contributed by atoms with van der Waals surface area (Å²) in [6.07, 6.45) is 2.80. The molecule has 1 fully saturated rings. The number of thioether (sulfide) groups is 1. The normalized spacial score (nSPS) is 18.9. The summed E-state index contributed by atoms with van der Waals surface area (Å²) in [5, 5.41) is 7.03. The predicted octanol–water partition coefficient (Wildman–Crippen LogP) is 2.30. The van der Waals surface area contributed by atoms with Crippen molar-refractivity contribution in [3.05, 3.63) is 11.4 Å². The highest BCUT2D eigenvalue weighted by molar-refractivity contribution is 8.00. The molecule has 20 heavy (non-hydrogen) atoms. The standard InChI is InChI=1S/C14H24N4OS/c1-4-5-10-11(15)12(17-16-10)13(19)18-7-6-14(2,3)20-9-8-18/h4-9,15H2,1-3H3,(H,16,17). The fraction of sp³-hybridized carbons (Fsp3) is 0.714. The number of hydrogen-bond acceptors (Lipinski definition) is 4. The number of nitrogen functional groups attached to an aromatic ring is 1. The van der Waals surface area contributed by atoms with Crippen LogP contribution in [0.25, 0.3) is 0 Å². The van der Waals surface area contributed by atoms with Crippen LogP contribution in [-0.4, -0.2) is 44.6 Å². The summed E-state index contributed by atoms with van der Waals surface area (Å²) in [7, 11) is 0. The van der Waals surface area contributed by atoms with Crippen LogP contribution in [0.1, 0.15) is 49.8 Å². The largest absolute Gasteiger partial charge is 0.395 e. The Kier molecular flexibility index (Phi) is 4.62. The third-order valence-electron chi connectivity index (χ3n) is 3.71. The topological polar surface area (TPSA) is 75.0 Å². The van der Waals surface area contributed by atoms with E-state index in [2.05, 4.69) is 31.0 Å². The maximum Gasteiger partial charge on any atom is 0.276 e. The first-order valence-corrected chi connectivity index (χ1v) is 8.19. The quantitative estimate of drug-likeness (QED) is 0.897. The summed E-state index contributed by atoms with van der Waals surface area (Å²) in [6.45, 7) is 8.08. The first-order chi connectivity index (χ1) is 9.44. The minimum atomic E-state index is -0.0422. The van der Waals surface area contributed by atoms with Crippen molar-refractivity contribution in [2.75, 3.05) is 24.6 Å². The molecule has 3 N–H and O–H groups in total. The minimum absolute atomic E-state index is 0.0422. The molecule has 0 aliphatic carbocycles. The average molecular weight is 296 g/mol. The minimum Gasteiger partial charge on any atom is -0.395 e. The van der Waals surface area contributed by atoms with Crippen molar-refractivity contribution < 1.29 is 4.79 Å². The lowest BCUT2D eigenvalue weighted by Crippen LogP contribution is -2.34. The van der Waals surface area contributed by atoms with E-state index in [1.807, 2.05) is 16.7 Å². The van der Waals surface area contributed by atoms with Crippen LogP contribution in [0.2, 0.25) is 0 Å². The molecule has 2 heterocycles. The third-order valence-corrected chi connectivity index (χ3v) is 5.08. The van der Waals surface area contributed by atoms with Gasteiger partial charge in [0.15, 0.2) is 5.69 Å². The van der Waals surface area contributed by atoms with Crippen molar-refractivity contribution in [2.24, 2.45) is 0 Å². The van der Waals surface area contributed by atoms with E-state index < -0.39 is 0 Å². The second-order valence-electron chi connectivity index (χ2n) is 5.86. The predicted molar refractivity (Wildman–Crippen MR) is 84.1 cm³/mol. The molecule has 1 saturated heterocycles. The number of nitrogens with zero attached hydrogens (tertiary/aromatic N) is 2. The Bertz CT molecular complexity index is 484. The Labute approximate surface area is 124 Å². The van der Waals surface area contributed by atoms with Gasteiger partial charge >= 0.3 is 0 Å². The van der Waals surface area contributed by atoms with Gasteiger partial charge in [0.2, 0.25) is 0 Å². The first kappa shape index (κ1) is 15.2. The van der Waals surface area contributed by atoms with Gasteiger partial charge in [-0.1, -0.05) is 27.2 Å². The second-order valence-corrected chi connectivity index (χ2v) is 7.67. The van der Waals surface area contributed by atoms with Crippen LogP contribution in [0.15, 0.2) is 0 Å². The summed E-state index contributed by atoms with van der Waals surface area (Å²) < 4.78 is 0.236. The molecular weight excluding hydrogens is 272 g/mol. The third kappa shape index (κ3) is 3.29. The first-order valence-electron chi connectivity index (χ1n) is 7.20. The van der Waals surface area contributed by atoms with Gasteiger partial charge in [0.25, 0.3) is 5.91 Å². The Balaban J connectivity index is 2.11. The molecule has 1 aliphatic rings. The average Bonchev–Trinajstić information content (AvgIpc) is 2.64. The zero-order valence-electron chi connectivity index (χ0n) is 12.5. The molecule has 0 unspecified atom stereocenters. The summed E-state index contributed by atoms with van der Waals surface area (Å²) in [5.74, 6) is 0.921. The SMILES string of the molecule is CCCc1[nH]nc(C(=O)N2CCSC(C)(C)CC2)c1N. The summed E-state index contributed by atoms with van der Waals surface area (Å²) in [4.78, 5) is 14.4. The number of nitrogens with one attached hydrogen (secondary N) is 1. The van der Waals surface area contributed by atoms with Gasteiger partial charge in [-0.15, -0.1) is 0 Å². The van der Waals surface area contributed by atoms with Gasteiger partial charge in [-0.05, 0) is 12.8 Å². The molecule has 0 bridgehead atoms. The number of rotatable bonds is 3. The molecule has 112 valence electrons. The van der Waals surface area contributed by atoms with Crippen molar-refractivity contribution in [2.45, 2.75) is 44.8 Å². The van der Waals surface area contributed by atoms with E-state index in [0.717, 1.165) is 43.8 Å². The Morgan fingerprint density at radius 2 is 2.25 bits per heavy atom. The van der Waals surface area contributed by atoms with Crippen molar-refractivity contribution in [3.8, 4) is 0 Å². The van der Waals surface area contributed by atoms with Crippen molar-refractivity contribution in [1.82, 2.24) is 15.1 Å². The number of H-pyrrole nitrogens is 1. The molecule has 2 rings (SSSR count). The van der Waals surface area contributed by atoms with Gasteiger partial charge in [-0.25, -0.2) is 0 Å². The molecule has 0 radical (unpaired) electrons. The molecule has 0 atom stereocenters. The number of hydrogen-bond donors (Lipinski definition) is 2. The number of nitrogens with two attached hydrogens (primary N) is 1. The highest BCUT2D eigenvalue weighted by Crippen LogP contribution is 2.31. The van der Waals surface area contributed by atoms with Gasteiger partial charge in [-0.2, -0.15) is 16.9 Å². The van der Waals surface area contributed by atoms with E-state index in [1.54, 1.807) is 0 Å². The summed E-state index contributed by atoms with van der Waals surface area (Å²) in [5.41, 5.74) is 7.83. The zero-order valence-corrected chi connectivity index (χ0v) is 13.3. The molecule has 1 aromatic rings. The number of aromatic nitrogens is 2. The number of anilines is 1. The number of carbonyl (C=O) groups is 1. The van der Waals surface area contributed by atoms with E-state index in [4.69, 9.17) is 5.73 Å². The maximum atomic E-state index is 12.6. The molecule has 0 saturated carbocycles. The van der Waals surface area contributed by atoms with Crippen molar-refractivity contribution in [3.63, 3.8) is 0 Å². The fourth-order valence-corrected chi connectivity index (χ4v) is 3.46. The van der Waals surface area contributed by atoms with Crippen LogP contribution < -0.4 is 5.73 Å². The van der Waals surface area contributed by atoms with Crippen LogP contribution in [0.3, 0.4) is 0 Å². The lowest BCUT2D eigenvalue weighted by Gasteiger charge is -2.22. The molecule has 5 nitrogen and oxygen atoms in total. The van der Waals surface area contributed by atoms with E-state index >= 15 is 0 Å². The van der Waals surface area contributed by atoms with Gasteiger partial charge in [0.1, 0.15) is 0 Å². The van der Waals surface area contributed by atoms with Crippen LogP contribution in [0, 0.1) is 0 Å². The lowest BCUT2D eigenvalue weighted by atomic mass is 10.1. The summed E-state index contributed by atoms with van der Waals surface area (Å²) in [6, 6.07) is 0. The number of aromatic amines is 1. The Morgan fingerprint density at radius 1 is 1.50 bits per heavy atom. The van der Waals surface area contributed by atoms with E-state index in [0.29, 0.717) is 11.4 Å². The van der Waals surface area contributed by atoms with Crippen LogP contribution in [0.5, 0.6) is 0 Å². The smallest absolute Gasteiger partial charge is 0.276 e. The van der Waals surface area contributed by atoms with Gasteiger partial charge in [0.05, 0.1) is 11.4 Å². The van der Waals surface area contributed by atoms with Gasteiger partial charge < -0.3 is 10.6 Å². The molecular formula is C14H24N4OS. The Morgan fingerprint density at radius 3 is 2.95 bits per heavy atom. The Hall–Kier alpha value is -1.17. The van der Waals surface area contributed by atoms with Crippen LogP contribution >= 0.6 is 11.8 Å².